The SMILES string of the molecule is COC(=O)c1ccccc1NC(=O)COc1ccc(-c2ccccc2)cc1. The monoisotopic (exact) mass is 361 g/mol. The third-order valence-electron chi connectivity index (χ3n) is 3.94. The molecule has 0 aliphatic rings. The number of benzene rings is 3. The molecule has 136 valence electrons. The number of nitrogens with one attached hydrogen (secondary N) is 1. The zero-order valence-electron chi connectivity index (χ0n) is 14.8. The summed E-state index contributed by atoms with van der Waals surface area (Å²) in [5.41, 5.74) is 2.86. The van der Waals surface area contributed by atoms with Crippen molar-refractivity contribution >= 4 is 17.6 Å². The Morgan fingerprint density at radius 2 is 1.44 bits per heavy atom. The molecule has 0 aromatic heterocycles. The van der Waals surface area contributed by atoms with Crippen LogP contribution in [0.25, 0.3) is 11.1 Å². The minimum absolute atomic E-state index is 0.166. The standard InChI is InChI=1S/C22H19NO4/c1-26-22(25)19-9-5-6-10-20(19)23-21(24)15-27-18-13-11-17(12-14-18)16-7-3-2-4-8-16/h2-14H,15H2,1H3,(H,23,24). The Kier molecular flexibility index (Phi) is 5.84. The maximum Gasteiger partial charge on any atom is 0.339 e. The molecule has 3 aromatic carbocycles. The summed E-state index contributed by atoms with van der Waals surface area (Å²) in [6, 6.07) is 24.2. The third-order valence-corrected chi connectivity index (χ3v) is 3.94. The summed E-state index contributed by atoms with van der Waals surface area (Å²) in [7, 11) is 1.29. The van der Waals surface area contributed by atoms with E-state index in [4.69, 9.17) is 9.47 Å². The fourth-order valence-corrected chi connectivity index (χ4v) is 2.59. The van der Waals surface area contributed by atoms with Crippen molar-refractivity contribution in [3.63, 3.8) is 0 Å². The molecule has 0 unspecified atom stereocenters. The molecular weight excluding hydrogens is 342 g/mol. The Labute approximate surface area is 157 Å². The highest BCUT2D eigenvalue weighted by atomic mass is 16.5. The van der Waals surface area contributed by atoms with Crippen LogP contribution in [-0.2, 0) is 9.53 Å². The van der Waals surface area contributed by atoms with E-state index in [1.54, 1.807) is 24.3 Å². The Morgan fingerprint density at radius 3 is 2.15 bits per heavy atom. The molecule has 0 saturated heterocycles. The number of amides is 1. The fourth-order valence-electron chi connectivity index (χ4n) is 2.59. The molecule has 0 radical (unpaired) electrons. The second kappa shape index (κ2) is 8.67. The van der Waals surface area contributed by atoms with Crippen molar-refractivity contribution in [3.05, 3.63) is 84.4 Å². The van der Waals surface area contributed by atoms with Gasteiger partial charge in [0.05, 0.1) is 18.4 Å². The van der Waals surface area contributed by atoms with Gasteiger partial charge < -0.3 is 14.8 Å². The van der Waals surface area contributed by atoms with Crippen molar-refractivity contribution in [1.29, 1.82) is 0 Å². The first kappa shape index (κ1) is 18.2. The van der Waals surface area contributed by atoms with Crippen LogP contribution < -0.4 is 10.1 Å². The summed E-state index contributed by atoms with van der Waals surface area (Å²) in [5, 5.41) is 2.67. The highest BCUT2D eigenvalue weighted by Gasteiger charge is 2.13. The molecule has 1 amide bonds. The number of para-hydroxylation sites is 1. The smallest absolute Gasteiger partial charge is 0.339 e. The molecule has 0 bridgehead atoms. The maximum atomic E-state index is 12.1. The largest absolute Gasteiger partial charge is 0.484 e. The van der Waals surface area contributed by atoms with Gasteiger partial charge in [-0.3, -0.25) is 4.79 Å². The van der Waals surface area contributed by atoms with Crippen LogP contribution in [-0.4, -0.2) is 25.6 Å². The van der Waals surface area contributed by atoms with Crippen LogP contribution in [0.5, 0.6) is 5.75 Å². The van der Waals surface area contributed by atoms with Crippen molar-refractivity contribution in [2.75, 3.05) is 19.0 Å². The topological polar surface area (TPSA) is 64.6 Å². The van der Waals surface area contributed by atoms with Gasteiger partial charge in [-0.2, -0.15) is 0 Å². The second-order valence-corrected chi connectivity index (χ2v) is 5.76. The van der Waals surface area contributed by atoms with Gasteiger partial charge in [-0.25, -0.2) is 4.79 Å². The molecule has 0 spiro atoms. The Morgan fingerprint density at radius 1 is 0.815 bits per heavy atom. The molecule has 0 aliphatic heterocycles. The summed E-state index contributed by atoms with van der Waals surface area (Å²) in [6.07, 6.45) is 0. The lowest BCUT2D eigenvalue weighted by atomic mass is 10.1. The first-order chi connectivity index (χ1) is 13.2. The summed E-state index contributed by atoms with van der Waals surface area (Å²) < 4.78 is 10.2. The van der Waals surface area contributed by atoms with Gasteiger partial charge in [-0.1, -0.05) is 54.6 Å². The van der Waals surface area contributed by atoms with E-state index in [1.165, 1.54) is 7.11 Å². The predicted molar refractivity (Wildman–Crippen MR) is 104 cm³/mol. The fraction of sp³-hybridized carbons (Fsp3) is 0.0909. The minimum Gasteiger partial charge on any atom is -0.484 e. The van der Waals surface area contributed by atoms with E-state index >= 15 is 0 Å². The Bertz CT molecular complexity index is 921. The number of anilines is 1. The van der Waals surface area contributed by atoms with Gasteiger partial charge in [0.25, 0.3) is 5.91 Å². The van der Waals surface area contributed by atoms with E-state index in [-0.39, 0.29) is 12.5 Å². The minimum atomic E-state index is -0.511. The molecule has 0 aliphatic carbocycles. The van der Waals surface area contributed by atoms with Crippen LogP contribution in [0.15, 0.2) is 78.9 Å². The number of esters is 1. The third kappa shape index (κ3) is 4.73. The summed E-state index contributed by atoms with van der Waals surface area (Å²) >= 11 is 0. The van der Waals surface area contributed by atoms with Gasteiger partial charge in [-0.15, -0.1) is 0 Å². The molecule has 27 heavy (non-hydrogen) atoms. The van der Waals surface area contributed by atoms with E-state index in [2.05, 4.69) is 5.32 Å². The van der Waals surface area contributed by atoms with Crippen molar-refractivity contribution in [2.24, 2.45) is 0 Å². The van der Waals surface area contributed by atoms with Crippen LogP contribution in [0.4, 0.5) is 5.69 Å². The molecule has 0 saturated carbocycles. The van der Waals surface area contributed by atoms with Gasteiger partial charge in [0.15, 0.2) is 6.61 Å². The van der Waals surface area contributed by atoms with E-state index < -0.39 is 5.97 Å². The molecule has 0 fully saturated rings. The Hall–Kier alpha value is -3.60. The molecular formula is C22H19NO4. The quantitative estimate of drug-likeness (QED) is 0.670. The average Bonchev–Trinajstić information content (AvgIpc) is 2.73. The normalized spacial score (nSPS) is 10.1. The van der Waals surface area contributed by atoms with Gasteiger partial charge in [-0.05, 0) is 35.4 Å². The summed E-state index contributed by atoms with van der Waals surface area (Å²) in [5.74, 6) is -0.284. The van der Waals surface area contributed by atoms with Crippen LogP contribution in [0, 0.1) is 0 Å². The van der Waals surface area contributed by atoms with E-state index in [9.17, 15) is 9.59 Å². The van der Waals surface area contributed by atoms with Crippen molar-refractivity contribution in [3.8, 4) is 16.9 Å². The van der Waals surface area contributed by atoms with E-state index in [1.807, 2.05) is 54.6 Å². The van der Waals surface area contributed by atoms with Crippen LogP contribution in [0.1, 0.15) is 10.4 Å². The van der Waals surface area contributed by atoms with Crippen LogP contribution in [0.2, 0.25) is 0 Å². The van der Waals surface area contributed by atoms with Gasteiger partial charge >= 0.3 is 5.97 Å². The lowest BCUT2D eigenvalue weighted by Crippen LogP contribution is -2.21. The van der Waals surface area contributed by atoms with Crippen molar-refractivity contribution < 1.29 is 19.1 Å². The van der Waals surface area contributed by atoms with E-state index in [0.717, 1.165) is 11.1 Å². The predicted octanol–water partition coefficient (Wildman–Crippen LogP) is 4.16. The molecule has 3 aromatic rings. The number of hydrogen-bond donors (Lipinski definition) is 1. The first-order valence-corrected chi connectivity index (χ1v) is 8.43. The molecule has 5 heteroatoms. The molecule has 5 nitrogen and oxygen atoms in total. The van der Waals surface area contributed by atoms with Crippen LogP contribution >= 0.6 is 0 Å². The summed E-state index contributed by atoms with van der Waals surface area (Å²) in [6.45, 7) is -0.166. The summed E-state index contributed by atoms with van der Waals surface area (Å²) in [4.78, 5) is 23.9. The highest BCUT2D eigenvalue weighted by Crippen LogP contribution is 2.22. The Balaban J connectivity index is 1.59. The molecule has 0 heterocycles. The number of methoxy groups -OCH3 is 1. The van der Waals surface area contributed by atoms with E-state index in [0.29, 0.717) is 17.0 Å². The highest BCUT2D eigenvalue weighted by molar-refractivity contribution is 6.01. The molecule has 3 rings (SSSR count). The van der Waals surface area contributed by atoms with Crippen LogP contribution in [0.3, 0.4) is 0 Å². The zero-order valence-corrected chi connectivity index (χ0v) is 14.8. The number of hydrogen-bond acceptors (Lipinski definition) is 4. The van der Waals surface area contributed by atoms with Gasteiger partial charge in [0.1, 0.15) is 5.75 Å². The van der Waals surface area contributed by atoms with Gasteiger partial charge in [0.2, 0.25) is 0 Å². The van der Waals surface area contributed by atoms with Crippen molar-refractivity contribution in [1.82, 2.24) is 0 Å². The second-order valence-electron chi connectivity index (χ2n) is 5.76. The first-order valence-electron chi connectivity index (χ1n) is 8.43. The number of carbonyl (C=O) groups is 2. The lowest BCUT2D eigenvalue weighted by Gasteiger charge is -2.11. The zero-order chi connectivity index (χ0) is 19.1. The van der Waals surface area contributed by atoms with Gasteiger partial charge in [0, 0.05) is 0 Å². The molecule has 1 N–H and O–H groups in total. The maximum absolute atomic E-state index is 12.1. The lowest BCUT2D eigenvalue weighted by molar-refractivity contribution is -0.118. The number of carbonyl (C=O) groups excluding carboxylic acids is 2. The average molecular weight is 361 g/mol. The number of ether oxygens (including phenoxy) is 2. The van der Waals surface area contributed by atoms with Crippen molar-refractivity contribution in [2.45, 2.75) is 0 Å². The molecule has 0 atom stereocenters. The number of rotatable bonds is 6.